The van der Waals surface area contributed by atoms with Crippen molar-refractivity contribution < 1.29 is 9.15 Å². The van der Waals surface area contributed by atoms with Crippen molar-refractivity contribution in [3.8, 4) is 5.75 Å². The summed E-state index contributed by atoms with van der Waals surface area (Å²) in [5.74, 6) is 1.60. The fourth-order valence-electron chi connectivity index (χ4n) is 2.32. The van der Waals surface area contributed by atoms with Crippen LogP contribution in [0.5, 0.6) is 5.75 Å². The first-order chi connectivity index (χ1) is 10.8. The molecule has 5 nitrogen and oxygen atoms in total. The molecule has 0 bridgehead atoms. The summed E-state index contributed by atoms with van der Waals surface area (Å²) >= 11 is 1.58. The SMILES string of the molecule is COc1ccc(C2=CSC3=NNC(c4ccco4)=CN23)cc1. The zero-order chi connectivity index (χ0) is 14.9. The van der Waals surface area contributed by atoms with Gasteiger partial charge in [-0.2, -0.15) is 0 Å². The van der Waals surface area contributed by atoms with Gasteiger partial charge in [0.05, 0.1) is 19.1 Å². The highest BCUT2D eigenvalue weighted by molar-refractivity contribution is 8.16. The number of hydrogen-bond donors (Lipinski definition) is 1. The number of hydrazone groups is 1. The van der Waals surface area contributed by atoms with Gasteiger partial charge < -0.3 is 9.15 Å². The van der Waals surface area contributed by atoms with Gasteiger partial charge >= 0.3 is 0 Å². The van der Waals surface area contributed by atoms with E-state index >= 15 is 0 Å². The molecule has 0 unspecified atom stereocenters. The van der Waals surface area contributed by atoms with Crippen LogP contribution >= 0.6 is 11.8 Å². The van der Waals surface area contributed by atoms with Crippen molar-refractivity contribution in [1.29, 1.82) is 0 Å². The first-order valence-corrected chi connectivity index (χ1v) is 7.63. The second kappa shape index (κ2) is 5.31. The first-order valence-electron chi connectivity index (χ1n) is 6.75. The molecule has 2 aromatic rings. The van der Waals surface area contributed by atoms with Crippen LogP contribution < -0.4 is 10.2 Å². The Morgan fingerprint density at radius 1 is 1.23 bits per heavy atom. The monoisotopic (exact) mass is 311 g/mol. The van der Waals surface area contributed by atoms with Gasteiger partial charge in [-0.1, -0.05) is 11.8 Å². The quantitative estimate of drug-likeness (QED) is 0.940. The number of hydrogen-bond acceptors (Lipinski definition) is 6. The van der Waals surface area contributed by atoms with Crippen LogP contribution in [0.25, 0.3) is 11.4 Å². The van der Waals surface area contributed by atoms with Gasteiger partial charge in [0, 0.05) is 11.6 Å². The van der Waals surface area contributed by atoms with Crippen molar-refractivity contribution in [3.05, 3.63) is 65.6 Å². The van der Waals surface area contributed by atoms with Gasteiger partial charge in [-0.05, 0) is 42.0 Å². The third-order valence-electron chi connectivity index (χ3n) is 3.44. The molecular weight excluding hydrogens is 298 g/mol. The molecule has 0 atom stereocenters. The Morgan fingerprint density at radius 3 is 2.82 bits per heavy atom. The Morgan fingerprint density at radius 2 is 2.09 bits per heavy atom. The highest BCUT2D eigenvalue weighted by Crippen LogP contribution is 2.36. The van der Waals surface area contributed by atoms with E-state index in [2.05, 4.69) is 20.8 Å². The van der Waals surface area contributed by atoms with Gasteiger partial charge in [-0.3, -0.25) is 10.3 Å². The number of fused-ring (bicyclic) bond motifs is 1. The molecular formula is C16H13N3O2S. The summed E-state index contributed by atoms with van der Waals surface area (Å²) in [5.41, 5.74) is 6.04. The summed E-state index contributed by atoms with van der Waals surface area (Å²) in [5, 5.41) is 7.37. The van der Waals surface area contributed by atoms with Gasteiger partial charge in [-0.25, -0.2) is 0 Å². The highest BCUT2D eigenvalue weighted by Gasteiger charge is 2.26. The first kappa shape index (κ1) is 13.1. The van der Waals surface area contributed by atoms with E-state index in [4.69, 9.17) is 9.15 Å². The second-order valence-electron chi connectivity index (χ2n) is 4.75. The molecule has 1 aromatic carbocycles. The number of benzene rings is 1. The van der Waals surface area contributed by atoms with E-state index in [0.717, 1.165) is 33.6 Å². The van der Waals surface area contributed by atoms with E-state index in [-0.39, 0.29) is 0 Å². The predicted octanol–water partition coefficient (Wildman–Crippen LogP) is 3.51. The molecule has 0 amide bonds. The van der Waals surface area contributed by atoms with Crippen molar-refractivity contribution in [1.82, 2.24) is 10.3 Å². The Kier molecular flexibility index (Phi) is 3.16. The zero-order valence-electron chi connectivity index (χ0n) is 11.8. The van der Waals surface area contributed by atoms with Crippen LogP contribution in [0, 0.1) is 0 Å². The van der Waals surface area contributed by atoms with Crippen LogP contribution in [0.1, 0.15) is 11.3 Å². The number of rotatable bonds is 3. The largest absolute Gasteiger partial charge is 0.497 e. The fourth-order valence-corrected chi connectivity index (χ4v) is 3.15. The molecule has 4 rings (SSSR count). The lowest BCUT2D eigenvalue weighted by atomic mass is 10.1. The van der Waals surface area contributed by atoms with E-state index in [0.29, 0.717) is 0 Å². The molecule has 1 N–H and O–H groups in total. The molecule has 1 aromatic heterocycles. The van der Waals surface area contributed by atoms with Crippen molar-refractivity contribution in [3.63, 3.8) is 0 Å². The molecule has 2 aliphatic heterocycles. The van der Waals surface area contributed by atoms with Crippen LogP contribution in [0.4, 0.5) is 0 Å². The van der Waals surface area contributed by atoms with Gasteiger partial charge in [-0.15, -0.1) is 5.10 Å². The second-order valence-corrected chi connectivity index (χ2v) is 5.58. The predicted molar refractivity (Wildman–Crippen MR) is 87.7 cm³/mol. The fraction of sp³-hybridized carbons (Fsp3) is 0.0625. The molecule has 0 fully saturated rings. The third-order valence-corrected chi connectivity index (χ3v) is 4.28. The topological polar surface area (TPSA) is 50.0 Å². The van der Waals surface area contributed by atoms with Crippen molar-refractivity contribution in [2.75, 3.05) is 7.11 Å². The number of thioether (sulfide) groups is 1. The molecule has 6 heteroatoms. The van der Waals surface area contributed by atoms with Crippen LogP contribution in [0.3, 0.4) is 0 Å². The Bertz CT molecular complexity index is 776. The highest BCUT2D eigenvalue weighted by atomic mass is 32.2. The molecule has 22 heavy (non-hydrogen) atoms. The van der Waals surface area contributed by atoms with Crippen molar-refractivity contribution in [2.24, 2.45) is 5.10 Å². The molecule has 0 spiro atoms. The molecule has 3 heterocycles. The molecule has 2 aliphatic rings. The van der Waals surface area contributed by atoms with Gasteiger partial charge in [0.2, 0.25) is 0 Å². The van der Waals surface area contributed by atoms with E-state index in [1.165, 1.54) is 0 Å². The van der Waals surface area contributed by atoms with E-state index in [1.54, 1.807) is 25.1 Å². The lowest BCUT2D eigenvalue weighted by Crippen LogP contribution is -2.26. The summed E-state index contributed by atoms with van der Waals surface area (Å²) in [6.45, 7) is 0. The van der Waals surface area contributed by atoms with E-state index < -0.39 is 0 Å². The van der Waals surface area contributed by atoms with Gasteiger partial charge in [0.15, 0.2) is 10.9 Å². The molecule has 0 saturated heterocycles. The van der Waals surface area contributed by atoms with Crippen LogP contribution in [0.2, 0.25) is 0 Å². The van der Waals surface area contributed by atoms with Crippen molar-refractivity contribution >= 4 is 28.3 Å². The summed E-state index contributed by atoms with van der Waals surface area (Å²) in [4.78, 5) is 2.06. The minimum absolute atomic E-state index is 0.758. The van der Waals surface area contributed by atoms with Crippen LogP contribution in [-0.2, 0) is 0 Å². The standard InChI is InChI=1S/C16H13N3O2S/c1-20-12-6-4-11(5-7-12)14-10-22-16-18-17-13(9-19(14)16)15-3-2-8-21-15/h2-10,17H,1H3. The van der Waals surface area contributed by atoms with Crippen molar-refractivity contribution in [2.45, 2.75) is 0 Å². The minimum atomic E-state index is 0.758. The zero-order valence-corrected chi connectivity index (χ0v) is 12.6. The van der Waals surface area contributed by atoms with Crippen LogP contribution in [0.15, 0.2) is 63.8 Å². The lowest BCUT2D eigenvalue weighted by Gasteiger charge is -2.23. The summed E-state index contributed by atoms with van der Waals surface area (Å²) in [6, 6.07) is 11.7. The van der Waals surface area contributed by atoms with E-state index in [1.807, 2.05) is 42.6 Å². The normalized spacial score (nSPS) is 16.4. The molecule has 0 saturated carbocycles. The number of amidine groups is 1. The maximum Gasteiger partial charge on any atom is 0.196 e. The molecule has 110 valence electrons. The third kappa shape index (κ3) is 2.17. The number of furan rings is 1. The number of methoxy groups -OCH3 is 1. The maximum absolute atomic E-state index is 5.42. The number of nitrogens with zero attached hydrogens (tertiary/aromatic N) is 2. The maximum atomic E-state index is 5.42. The Hall–Kier alpha value is -2.60. The van der Waals surface area contributed by atoms with Gasteiger partial charge in [0.1, 0.15) is 11.4 Å². The summed E-state index contributed by atoms with van der Waals surface area (Å²) in [6.07, 6.45) is 3.65. The average molecular weight is 311 g/mol. The Balaban J connectivity index is 1.67. The van der Waals surface area contributed by atoms with Gasteiger partial charge in [0.25, 0.3) is 0 Å². The lowest BCUT2D eigenvalue weighted by molar-refractivity contribution is 0.414. The minimum Gasteiger partial charge on any atom is -0.497 e. The summed E-state index contributed by atoms with van der Waals surface area (Å²) < 4.78 is 10.6. The number of ether oxygens (including phenoxy) is 1. The average Bonchev–Trinajstić information content (AvgIpc) is 3.24. The number of nitrogens with one attached hydrogen (secondary N) is 1. The molecule has 0 radical (unpaired) electrons. The Labute approximate surface area is 131 Å². The van der Waals surface area contributed by atoms with Crippen LogP contribution in [-0.4, -0.2) is 17.2 Å². The van der Waals surface area contributed by atoms with E-state index in [9.17, 15) is 0 Å². The molecule has 0 aliphatic carbocycles. The summed E-state index contributed by atoms with van der Waals surface area (Å²) in [7, 11) is 1.67. The smallest absolute Gasteiger partial charge is 0.196 e.